The van der Waals surface area contributed by atoms with Gasteiger partial charge in [-0.3, -0.25) is 0 Å². The van der Waals surface area contributed by atoms with Crippen LogP contribution in [0.25, 0.3) is 0 Å². The van der Waals surface area contributed by atoms with Gasteiger partial charge in [0.2, 0.25) is 0 Å². The second-order valence-electron chi connectivity index (χ2n) is 3.77. The molecule has 1 aliphatic heterocycles. The molecule has 0 aliphatic carbocycles. The molecule has 86 valence electrons. The zero-order valence-corrected chi connectivity index (χ0v) is 9.98. The maximum absolute atomic E-state index is 13.7. The standard InChI is InChI=1S/C11H14FN3S/c1-16-9-6-10(12)11(14-7-9)15-4-2-8(13)3-5-15/h6-7,13H,2-5H2,1H3. The predicted molar refractivity (Wildman–Crippen MR) is 65.1 cm³/mol. The summed E-state index contributed by atoms with van der Waals surface area (Å²) in [6, 6.07) is 1.52. The van der Waals surface area contributed by atoms with Crippen LogP contribution in [0.15, 0.2) is 17.2 Å². The minimum absolute atomic E-state index is 0.264. The monoisotopic (exact) mass is 239 g/mol. The van der Waals surface area contributed by atoms with Gasteiger partial charge in [-0.25, -0.2) is 9.37 Å². The first-order chi connectivity index (χ1) is 7.70. The number of hydrogen-bond donors (Lipinski definition) is 1. The Morgan fingerprint density at radius 3 is 2.69 bits per heavy atom. The molecule has 2 heterocycles. The highest BCUT2D eigenvalue weighted by molar-refractivity contribution is 7.98. The average molecular weight is 239 g/mol. The summed E-state index contributed by atoms with van der Waals surface area (Å²) in [5.74, 6) is 0.158. The van der Waals surface area contributed by atoms with Gasteiger partial charge in [0.05, 0.1) is 0 Å². The van der Waals surface area contributed by atoms with Crippen molar-refractivity contribution in [3.8, 4) is 0 Å². The lowest BCUT2D eigenvalue weighted by atomic mass is 10.1. The number of thioether (sulfide) groups is 1. The number of nitrogens with zero attached hydrogens (tertiary/aromatic N) is 2. The zero-order valence-electron chi connectivity index (χ0n) is 9.16. The number of pyridine rings is 1. The van der Waals surface area contributed by atoms with Crippen LogP contribution in [0.1, 0.15) is 12.8 Å². The molecule has 1 aromatic heterocycles. The van der Waals surface area contributed by atoms with Gasteiger partial charge in [-0.1, -0.05) is 0 Å². The van der Waals surface area contributed by atoms with Crippen molar-refractivity contribution in [3.63, 3.8) is 0 Å². The first-order valence-corrected chi connectivity index (χ1v) is 6.44. The largest absolute Gasteiger partial charge is 0.353 e. The predicted octanol–water partition coefficient (Wildman–Crippen LogP) is 2.56. The van der Waals surface area contributed by atoms with Crippen molar-refractivity contribution in [1.29, 1.82) is 5.41 Å². The smallest absolute Gasteiger partial charge is 0.166 e. The lowest BCUT2D eigenvalue weighted by molar-refractivity contribution is 0.601. The minimum Gasteiger partial charge on any atom is -0.353 e. The molecule has 2 rings (SSSR count). The maximum atomic E-state index is 13.7. The number of aromatic nitrogens is 1. The highest BCUT2D eigenvalue weighted by atomic mass is 32.2. The van der Waals surface area contributed by atoms with Gasteiger partial charge in [0, 0.05) is 42.7 Å². The van der Waals surface area contributed by atoms with Crippen molar-refractivity contribution in [2.24, 2.45) is 0 Å². The van der Waals surface area contributed by atoms with Crippen LogP contribution >= 0.6 is 11.8 Å². The Balaban J connectivity index is 2.17. The molecule has 1 fully saturated rings. The number of rotatable bonds is 2. The van der Waals surface area contributed by atoms with E-state index < -0.39 is 0 Å². The minimum atomic E-state index is -0.264. The maximum Gasteiger partial charge on any atom is 0.166 e. The van der Waals surface area contributed by atoms with Crippen LogP contribution in [0.3, 0.4) is 0 Å². The normalized spacial score (nSPS) is 16.6. The molecule has 1 saturated heterocycles. The van der Waals surface area contributed by atoms with Crippen LogP contribution in [0.4, 0.5) is 10.2 Å². The molecule has 16 heavy (non-hydrogen) atoms. The van der Waals surface area contributed by atoms with E-state index >= 15 is 0 Å². The Morgan fingerprint density at radius 2 is 2.12 bits per heavy atom. The topological polar surface area (TPSA) is 40.0 Å². The summed E-state index contributed by atoms with van der Waals surface area (Å²) in [6.07, 6.45) is 5.03. The molecule has 1 N–H and O–H groups in total. The van der Waals surface area contributed by atoms with Gasteiger partial charge in [0.25, 0.3) is 0 Å². The first-order valence-electron chi connectivity index (χ1n) is 5.21. The SMILES string of the molecule is CSc1cnc(N2CCC(=N)CC2)c(F)c1. The molecule has 0 amide bonds. The van der Waals surface area contributed by atoms with Crippen molar-refractivity contribution < 1.29 is 4.39 Å². The summed E-state index contributed by atoms with van der Waals surface area (Å²) in [6.45, 7) is 1.39. The van der Waals surface area contributed by atoms with E-state index in [1.54, 1.807) is 6.20 Å². The number of piperidine rings is 1. The summed E-state index contributed by atoms with van der Waals surface area (Å²) in [4.78, 5) is 6.91. The Hall–Kier alpha value is -1.10. The molecule has 3 nitrogen and oxygen atoms in total. The van der Waals surface area contributed by atoms with Gasteiger partial charge in [0.1, 0.15) is 0 Å². The lowest BCUT2D eigenvalue weighted by Crippen LogP contribution is -2.34. The fraction of sp³-hybridized carbons (Fsp3) is 0.455. The van der Waals surface area contributed by atoms with E-state index in [0.717, 1.165) is 10.6 Å². The molecule has 1 aromatic rings. The zero-order chi connectivity index (χ0) is 11.5. The highest BCUT2D eigenvalue weighted by Crippen LogP contribution is 2.23. The van der Waals surface area contributed by atoms with Crippen molar-refractivity contribution in [3.05, 3.63) is 18.1 Å². The Kier molecular flexibility index (Phi) is 3.43. The number of hydrogen-bond acceptors (Lipinski definition) is 4. The van der Waals surface area contributed by atoms with E-state index in [4.69, 9.17) is 5.41 Å². The molecule has 0 bridgehead atoms. The van der Waals surface area contributed by atoms with E-state index in [1.165, 1.54) is 17.8 Å². The van der Waals surface area contributed by atoms with Gasteiger partial charge < -0.3 is 10.3 Å². The molecule has 0 aromatic carbocycles. The number of halogens is 1. The quantitative estimate of drug-likeness (QED) is 0.806. The molecule has 0 saturated carbocycles. The molecule has 0 radical (unpaired) electrons. The molecule has 0 spiro atoms. The van der Waals surface area contributed by atoms with Gasteiger partial charge in [-0.15, -0.1) is 11.8 Å². The first kappa shape index (κ1) is 11.4. The third-order valence-corrected chi connectivity index (χ3v) is 3.39. The van der Waals surface area contributed by atoms with Crippen LogP contribution in [0, 0.1) is 11.2 Å². The summed E-state index contributed by atoms with van der Waals surface area (Å²) in [5, 5.41) is 7.51. The summed E-state index contributed by atoms with van der Waals surface area (Å²) >= 11 is 1.48. The second kappa shape index (κ2) is 4.82. The molecule has 5 heteroatoms. The van der Waals surface area contributed by atoms with E-state index in [-0.39, 0.29) is 5.82 Å². The Bertz CT molecular complexity index is 398. The van der Waals surface area contributed by atoms with Crippen LogP contribution < -0.4 is 4.90 Å². The fourth-order valence-electron chi connectivity index (χ4n) is 1.75. The van der Waals surface area contributed by atoms with E-state index in [1.807, 2.05) is 11.2 Å². The highest BCUT2D eigenvalue weighted by Gasteiger charge is 2.18. The summed E-state index contributed by atoms with van der Waals surface area (Å²) in [5.41, 5.74) is 0.748. The van der Waals surface area contributed by atoms with Crippen LogP contribution in [0.2, 0.25) is 0 Å². The third kappa shape index (κ3) is 2.35. The van der Waals surface area contributed by atoms with Crippen molar-refractivity contribution in [2.45, 2.75) is 17.7 Å². The summed E-state index contributed by atoms with van der Waals surface area (Å²) in [7, 11) is 0. The molecule has 0 atom stereocenters. The Labute approximate surface area is 98.6 Å². The van der Waals surface area contributed by atoms with Crippen LogP contribution in [-0.2, 0) is 0 Å². The van der Waals surface area contributed by atoms with E-state index in [0.29, 0.717) is 31.7 Å². The van der Waals surface area contributed by atoms with E-state index in [2.05, 4.69) is 4.98 Å². The van der Waals surface area contributed by atoms with Crippen molar-refractivity contribution in [2.75, 3.05) is 24.2 Å². The van der Waals surface area contributed by atoms with Crippen LogP contribution in [-0.4, -0.2) is 30.0 Å². The molecular weight excluding hydrogens is 225 g/mol. The second-order valence-corrected chi connectivity index (χ2v) is 4.65. The molecule has 0 unspecified atom stereocenters. The van der Waals surface area contributed by atoms with Crippen molar-refractivity contribution >= 4 is 23.3 Å². The fourth-order valence-corrected chi connectivity index (χ4v) is 2.13. The van der Waals surface area contributed by atoms with Crippen molar-refractivity contribution in [1.82, 2.24) is 4.98 Å². The average Bonchev–Trinajstić information content (AvgIpc) is 2.30. The van der Waals surface area contributed by atoms with Gasteiger partial charge >= 0.3 is 0 Å². The third-order valence-electron chi connectivity index (χ3n) is 2.70. The van der Waals surface area contributed by atoms with Gasteiger partial charge in [-0.2, -0.15) is 0 Å². The Morgan fingerprint density at radius 1 is 1.44 bits per heavy atom. The summed E-state index contributed by atoms with van der Waals surface area (Å²) < 4.78 is 13.7. The molecule has 1 aliphatic rings. The number of nitrogens with one attached hydrogen (secondary N) is 1. The number of anilines is 1. The van der Waals surface area contributed by atoms with Gasteiger partial charge in [-0.05, 0) is 12.3 Å². The molecular formula is C11H14FN3S. The van der Waals surface area contributed by atoms with Crippen LogP contribution in [0.5, 0.6) is 0 Å². The lowest BCUT2D eigenvalue weighted by Gasteiger charge is -2.28. The van der Waals surface area contributed by atoms with Gasteiger partial charge in [0.15, 0.2) is 11.6 Å². The van der Waals surface area contributed by atoms with E-state index in [9.17, 15) is 4.39 Å².